The summed E-state index contributed by atoms with van der Waals surface area (Å²) in [6.45, 7) is 5.49. The molecule has 1 saturated heterocycles. The molecule has 6 nitrogen and oxygen atoms in total. The van der Waals surface area contributed by atoms with E-state index in [-0.39, 0.29) is 0 Å². The van der Waals surface area contributed by atoms with Crippen LogP contribution in [0, 0.1) is 5.92 Å². The molecule has 0 bridgehead atoms. The third-order valence-electron chi connectivity index (χ3n) is 4.12. The Bertz CT molecular complexity index is 414. The van der Waals surface area contributed by atoms with Gasteiger partial charge in [-0.05, 0) is 51.7 Å². The van der Waals surface area contributed by atoms with Crippen LogP contribution in [0.25, 0.3) is 0 Å². The van der Waals surface area contributed by atoms with Gasteiger partial charge in [0.25, 0.3) is 0 Å². The second-order valence-corrected chi connectivity index (χ2v) is 5.51. The van der Waals surface area contributed by atoms with Gasteiger partial charge in [0.05, 0.1) is 0 Å². The van der Waals surface area contributed by atoms with Gasteiger partial charge in [0.2, 0.25) is 0 Å². The summed E-state index contributed by atoms with van der Waals surface area (Å²) in [4.78, 5) is 10.9. The Hall–Kier alpha value is -1.40. The molecule has 0 unspecified atom stereocenters. The quantitative estimate of drug-likeness (QED) is 0.540. The fourth-order valence-corrected chi connectivity index (χ4v) is 2.77. The SMILES string of the molecule is CCc1c(NN)ncnc1NCCC1CCN(C)CC1. The Morgan fingerprint density at radius 1 is 1.30 bits per heavy atom. The number of hydrogen-bond donors (Lipinski definition) is 3. The van der Waals surface area contributed by atoms with Gasteiger partial charge in [0.15, 0.2) is 0 Å². The van der Waals surface area contributed by atoms with Crippen LogP contribution in [0.4, 0.5) is 11.6 Å². The Morgan fingerprint density at radius 2 is 2.00 bits per heavy atom. The average Bonchev–Trinajstić information content (AvgIpc) is 2.49. The summed E-state index contributed by atoms with van der Waals surface area (Å²) in [5.41, 5.74) is 3.69. The van der Waals surface area contributed by atoms with Gasteiger partial charge in [-0.1, -0.05) is 6.92 Å². The van der Waals surface area contributed by atoms with Crippen molar-refractivity contribution in [2.75, 3.05) is 37.4 Å². The normalized spacial score (nSPS) is 17.1. The monoisotopic (exact) mass is 278 g/mol. The van der Waals surface area contributed by atoms with Crippen LogP contribution in [0.1, 0.15) is 31.7 Å². The Morgan fingerprint density at radius 3 is 2.65 bits per heavy atom. The maximum absolute atomic E-state index is 5.48. The standard InChI is InChI=1S/C14H26N6/c1-3-12-13(17-10-18-14(12)19-15)16-7-4-11-5-8-20(2)9-6-11/h10-11H,3-9,15H2,1-2H3,(H2,16,17,18,19). The molecule has 1 aromatic rings. The maximum Gasteiger partial charge on any atom is 0.148 e. The minimum atomic E-state index is 0.712. The van der Waals surface area contributed by atoms with Gasteiger partial charge in [0, 0.05) is 12.1 Å². The predicted molar refractivity (Wildman–Crippen MR) is 82.5 cm³/mol. The van der Waals surface area contributed by atoms with Crippen LogP contribution in [0.3, 0.4) is 0 Å². The van der Waals surface area contributed by atoms with Gasteiger partial charge in [-0.3, -0.25) is 0 Å². The largest absolute Gasteiger partial charge is 0.370 e. The predicted octanol–water partition coefficient (Wildman–Crippen LogP) is 1.47. The highest BCUT2D eigenvalue weighted by atomic mass is 15.3. The van der Waals surface area contributed by atoms with Gasteiger partial charge in [-0.2, -0.15) is 0 Å². The molecule has 0 amide bonds. The fourth-order valence-electron chi connectivity index (χ4n) is 2.77. The number of likely N-dealkylation sites (tertiary alicyclic amines) is 1. The molecule has 0 aromatic carbocycles. The fraction of sp³-hybridized carbons (Fsp3) is 0.714. The third-order valence-corrected chi connectivity index (χ3v) is 4.12. The number of aromatic nitrogens is 2. The third kappa shape index (κ3) is 3.80. The number of rotatable bonds is 6. The first-order valence-electron chi connectivity index (χ1n) is 7.47. The lowest BCUT2D eigenvalue weighted by molar-refractivity contribution is 0.215. The van der Waals surface area contributed by atoms with E-state index in [1.807, 2.05) is 0 Å². The van der Waals surface area contributed by atoms with E-state index < -0.39 is 0 Å². The minimum absolute atomic E-state index is 0.712. The van der Waals surface area contributed by atoms with Crippen LogP contribution >= 0.6 is 0 Å². The van der Waals surface area contributed by atoms with E-state index in [9.17, 15) is 0 Å². The molecule has 1 aromatic heterocycles. The van der Waals surface area contributed by atoms with E-state index in [1.54, 1.807) is 6.33 Å². The summed E-state index contributed by atoms with van der Waals surface area (Å²) in [5.74, 6) is 7.93. The zero-order valence-electron chi connectivity index (χ0n) is 12.5. The van der Waals surface area contributed by atoms with Crippen LogP contribution < -0.4 is 16.6 Å². The number of hydrogen-bond acceptors (Lipinski definition) is 6. The van der Waals surface area contributed by atoms with Gasteiger partial charge < -0.3 is 15.6 Å². The molecule has 0 aliphatic carbocycles. The molecule has 0 saturated carbocycles. The van der Waals surface area contributed by atoms with Gasteiger partial charge in [-0.25, -0.2) is 15.8 Å². The first-order chi connectivity index (χ1) is 9.74. The number of nitrogen functional groups attached to an aromatic ring is 1. The molecule has 4 N–H and O–H groups in total. The summed E-state index contributed by atoms with van der Waals surface area (Å²) in [6, 6.07) is 0. The Balaban J connectivity index is 1.85. The lowest BCUT2D eigenvalue weighted by atomic mass is 9.94. The number of nitrogens with two attached hydrogens (primary N) is 1. The van der Waals surface area contributed by atoms with Crippen molar-refractivity contribution in [3.05, 3.63) is 11.9 Å². The number of piperidine rings is 1. The number of hydrazine groups is 1. The molecule has 20 heavy (non-hydrogen) atoms. The van der Waals surface area contributed by atoms with Crippen LogP contribution in [-0.4, -0.2) is 41.5 Å². The van der Waals surface area contributed by atoms with Crippen LogP contribution in [-0.2, 0) is 6.42 Å². The summed E-state index contributed by atoms with van der Waals surface area (Å²) in [6.07, 6.45) is 6.21. The molecule has 0 spiro atoms. The molecular formula is C14H26N6. The molecule has 0 atom stereocenters. The van der Waals surface area contributed by atoms with Crippen molar-refractivity contribution < 1.29 is 0 Å². The Kier molecular flexibility index (Phi) is 5.55. The zero-order valence-corrected chi connectivity index (χ0v) is 12.5. The van der Waals surface area contributed by atoms with Crippen molar-refractivity contribution in [2.24, 2.45) is 11.8 Å². The first kappa shape index (κ1) is 15.0. The first-order valence-corrected chi connectivity index (χ1v) is 7.47. The van der Waals surface area contributed by atoms with Crippen LogP contribution in [0.5, 0.6) is 0 Å². The van der Waals surface area contributed by atoms with Crippen molar-refractivity contribution in [2.45, 2.75) is 32.6 Å². The molecule has 2 heterocycles. The smallest absolute Gasteiger partial charge is 0.148 e. The van der Waals surface area contributed by atoms with E-state index in [1.165, 1.54) is 32.4 Å². The van der Waals surface area contributed by atoms with E-state index >= 15 is 0 Å². The molecule has 1 aliphatic rings. The number of anilines is 2. The van der Waals surface area contributed by atoms with Crippen LogP contribution in [0.2, 0.25) is 0 Å². The average molecular weight is 278 g/mol. The molecule has 2 rings (SSSR count). The van der Waals surface area contributed by atoms with Crippen molar-refractivity contribution in [1.29, 1.82) is 0 Å². The van der Waals surface area contributed by atoms with Crippen LogP contribution in [0.15, 0.2) is 6.33 Å². The van der Waals surface area contributed by atoms with E-state index in [2.05, 4.69) is 39.6 Å². The molecule has 112 valence electrons. The van der Waals surface area contributed by atoms with E-state index in [0.29, 0.717) is 5.82 Å². The van der Waals surface area contributed by atoms with Gasteiger partial charge in [-0.15, -0.1) is 0 Å². The molecule has 1 fully saturated rings. The lowest BCUT2D eigenvalue weighted by Gasteiger charge is -2.29. The van der Waals surface area contributed by atoms with Gasteiger partial charge in [0.1, 0.15) is 18.0 Å². The number of nitrogens with zero attached hydrogens (tertiary/aromatic N) is 3. The number of nitrogens with one attached hydrogen (secondary N) is 2. The highest BCUT2D eigenvalue weighted by Gasteiger charge is 2.16. The summed E-state index contributed by atoms with van der Waals surface area (Å²) < 4.78 is 0. The Labute approximate surface area is 121 Å². The lowest BCUT2D eigenvalue weighted by Crippen LogP contribution is -2.31. The highest BCUT2D eigenvalue weighted by molar-refractivity contribution is 5.56. The topological polar surface area (TPSA) is 79.1 Å². The van der Waals surface area contributed by atoms with E-state index in [0.717, 1.165) is 30.3 Å². The molecule has 1 aliphatic heterocycles. The second kappa shape index (κ2) is 7.40. The van der Waals surface area contributed by atoms with Gasteiger partial charge >= 0.3 is 0 Å². The summed E-state index contributed by atoms with van der Waals surface area (Å²) in [7, 11) is 2.20. The highest BCUT2D eigenvalue weighted by Crippen LogP contribution is 2.22. The maximum atomic E-state index is 5.48. The molecule has 6 heteroatoms. The second-order valence-electron chi connectivity index (χ2n) is 5.51. The summed E-state index contributed by atoms with van der Waals surface area (Å²) >= 11 is 0. The van der Waals surface area contributed by atoms with Crippen molar-refractivity contribution >= 4 is 11.6 Å². The molecular weight excluding hydrogens is 252 g/mol. The zero-order chi connectivity index (χ0) is 14.4. The van der Waals surface area contributed by atoms with E-state index in [4.69, 9.17) is 5.84 Å². The molecule has 0 radical (unpaired) electrons. The summed E-state index contributed by atoms with van der Waals surface area (Å²) in [5, 5.41) is 3.44. The van der Waals surface area contributed by atoms with Crippen molar-refractivity contribution in [3.8, 4) is 0 Å². The van der Waals surface area contributed by atoms with Crippen molar-refractivity contribution in [1.82, 2.24) is 14.9 Å². The minimum Gasteiger partial charge on any atom is -0.370 e. The van der Waals surface area contributed by atoms with Crippen molar-refractivity contribution in [3.63, 3.8) is 0 Å².